The van der Waals surface area contributed by atoms with E-state index in [1.807, 2.05) is 18.2 Å². The second-order valence-corrected chi connectivity index (χ2v) is 7.01. The summed E-state index contributed by atoms with van der Waals surface area (Å²) in [5.74, 6) is 0.898. The number of para-hydroxylation sites is 2. The fourth-order valence-corrected chi connectivity index (χ4v) is 3.58. The molecule has 0 aliphatic carbocycles. The Morgan fingerprint density at radius 3 is 2.56 bits per heavy atom. The first kappa shape index (κ1) is 16.3. The predicted octanol–water partition coefficient (Wildman–Crippen LogP) is 4.07. The molecule has 1 N–H and O–H groups in total. The Kier molecular flexibility index (Phi) is 4.55. The molecule has 0 radical (unpaired) electrons. The van der Waals surface area contributed by atoms with Crippen molar-refractivity contribution in [3.05, 3.63) is 65.5 Å². The molecule has 2 aromatic carbocycles. The van der Waals surface area contributed by atoms with Gasteiger partial charge in [0.2, 0.25) is 0 Å². The van der Waals surface area contributed by atoms with Crippen LogP contribution in [0, 0.1) is 6.92 Å². The van der Waals surface area contributed by atoms with Crippen LogP contribution in [0.3, 0.4) is 0 Å². The molecule has 0 spiro atoms. The molecule has 0 saturated carbocycles. The number of aryl methyl sites for hydroxylation is 1. The number of piperidine rings is 1. The molecule has 1 aliphatic rings. The number of benzene rings is 2. The lowest BCUT2D eigenvalue weighted by Gasteiger charge is -2.31. The van der Waals surface area contributed by atoms with Gasteiger partial charge in [-0.25, -0.2) is 4.98 Å². The Morgan fingerprint density at radius 2 is 1.80 bits per heavy atom. The lowest BCUT2D eigenvalue weighted by molar-refractivity contribution is -0.0266. The van der Waals surface area contributed by atoms with Gasteiger partial charge in [-0.2, -0.15) is 0 Å². The second kappa shape index (κ2) is 6.98. The van der Waals surface area contributed by atoms with E-state index in [0.717, 1.165) is 42.8 Å². The molecule has 4 heteroatoms. The van der Waals surface area contributed by atoms with Crippen LogP contribution in [0.15, 0.2) is 48.5 Å². The zero-order chi connectivity index (χ0) is 17.2. The number of nitrogens with zero attached hydrogens (tertiary/aromatic N) is 2. The Morgan fingerprint density at radius 1 is 1.08 bits per heavy atom. The summed E-state index contributed by atoms with van der Waals surface area (Å²) < 4.78 is 6.60. The standard InChI is InChI=1S/C21H25N3O/c1-15-7-3-4-8-17(15)20(25-16-11-13-24(2)14-12-16)21-22-18-9-5-6-10-19(18)23-21/h3-10,16,20H,11-14H2,1-2H3,(H,22,23). The summed E-state index contributed by atoms with van der Waals surface area (Å²) in [6, 6.07) is 16.6. The van der Waals surface area contributed by atoms with Gasteiger partial charge in [0.1, 0.15) is 11.9 Å². The van der Waals surface area contributed by atoms with Gasteiger partial charge in [-0.15, -0.1) is 0 Å². The zero-order valence-electron chi connectivity index (χ0n) is 14.9. The predicted molar refractivity (Wildman–Crippen MR) is 101 cm³/mol. The molecule has 4 nitrogen and oxygen atoms in total. The SMILES string of the molecule is Cc1ccccc1C(OC1CCN(C)CC1)c1nc2ccccc2[nH]1. The number of aromatic nitrogens is 2. The van der Waals surface area contributed by atoms with Gasteiger partial charge in [0.05, 0.1) is 17.1 Å². The van der Waals surface area contributed by atoms with Crippen LogP contribution < -0.4 is 0 Å². The van der Waals surface area contributed by atoms with Crippen LogP contribution in [-0.4, -0.2) is 41.1 Å². The molecule has 0 bridgehead atoms. The molecule has 0 amide bonds. The average Bonchev–Trinajstić information content (AvgIpc) is 3.06. The van der Waals surface area contributed by atoms with E-state index in [1.54, 1.807) is 0 Å². The van der Waals surface area contributed by atoms with E-state index in [-0.39, 0.29) is 12.2 Å². The highest BCUT2D eigenvalue weighted by Gasteiger charge is 2.26. The van der Waals surface area contributed by atoms with E-state index < -0.39 is 0 Å². The number of H-pyrrole nitrogens is 1. The molecular weight excluding hydrogens is 310 g/mol. The minimum Gasteiger partial charge on any atom is -0.362 e. The highest BCUT2D eigenvalue weighted by atomic mass is 16.5. The summed E-state index contributed by atoms with van der Waals surface area (Å²) in [5, 5.41) is 0. The van der Waals surface area contributed by atoms with Crippen LogP contribution in [0.4, 0.5) is 0 Å². The number of nitrogens with one attached hydrogen (secondary N) is 1. The molecule has 2 heterocycles. The molecule has 1 aliphatic heterocycles. The molecule has 1 fully saturated rings. The molecule has 1 saturated heterocycles. The van der Waals surface area contributed by atoms with Crippen LogP contribution in [0.1, 0.15) is 35.9 Å². The third-order valence-electron chi connectivity index (χ3n) is 5.12. The molecule has 3 aromatic rings. The van der Waals surface area contributed by atoms with Crippen LogP contribution in [0.25, 0.3) is 11.0 Å². The quantitative estimate of drug-likeness (QED) is 0.781. The average molecular weight is 335 g/mol. The summed E-state index contributed by atoms with van der Waals surface area (Å²) in [5.41, 5.74) is 4.48. The molecule has 1 aromatic heterocycles. The molecule has 4 rings (SSSR count). The van der Waals surface area contributed by atoms with E-state index >= 15 is 0 Å². The van der Waals surface area contributed by atoms with E-state index in [4.69, 9.17) is 9.72 Å². The Balaban J connectivity index is 1.69. The first-order valence-corrected chi connectivity index (χ1v) is 9.05. The Bertz CT molecular complexity index is 816. The third-order valence-corrected chi connectivity index (χ3v) is 5.12. The van der Waals surface area contributed by atoms with Crippen molar-refractivity contribution < 1.29 is 4.74 Å². The van der Waals surface area contributed by atoms with Crippen molar-refractivity contribution in [2.45, 2.75) is 32.0 Å². The van der Waals surface area contributed by atoms with Crippen LogP contribution >= 0.6 is 0 Å². The van der Waals surface area contributed by atoms with Gasteiger partial charge >= 0.3 is 0 Å². The van der Waals surface area contributed by atoms with E-state index in [1.165, 1.54) is 11.1 Å². The first-order chi connectivity index (χ1) is 12.2. The van der Waals surface area contributed by atoms with Gasteiger partial charge in [-0.1, -0.05) is 36.4 Å². The van der Waals surface area contributed by atoms with Crippen molar-refractivity contribution in [3.8, 4) is 0 Å². The fourth-order valence-electron chi connectivity index (χ4n) is 3.58. The van der Waals surface area contributed by atoms with Crippen molar-refractivity contribution in [1.29, 1.82) is 0 Å². The minimum atomic E-state index is -0.151. The smallest absolute Gasteiger partial charge is 0.141 e. The Labute approximate surface area is 148 Å². The second-order valence-electron chi connectivity index (χ2n) is 7.01. The van der Waals surface area contributed by atoms with Crippen molar-refractivity contribution in [1.82, 2.24) is 14.9 Å². The largest absolute Gasteiger partial charge is 0.362 e. The van der Waals surface area contributed by atoms with Gasteiger partial charge in [0, 0.05) is 13.1 Å². The summed E-state index contributed by atoms with van der Waals surface area (Å²) >= 11 is 0. The van der Waals surface area contributed by atoms with E-state index in [2.05, 4.69) is 54.2 Å². The maximum atomic E-state index is 6.60. The van der Waals surface area contributed by atoms with Gasteiger partial charge in [0.25, 0.3) is 0 Å². The maximum Gasteiger partial charge on any atom is 0.141 e. The molecule has 1 unspecified atom stereocenters. The van der Waals surface area contributed by atoms with Gasteiger partial charge < -0.3 is 14.6 Å². The summed E-state index contributed by atoms with van der Waals surface area (Å²) in [7, 11) is 2.17. The molecule has 25 heavy (non-hydrogen) atoms. The van der Waals surface area contributed by atoms with Crippen LogP contribution in [0.2, 0.25) is 0 Å². The third kappa shape index (κ3) is 3.46. The molecule has 130 valence electrons. The number of hydrogen-bond donors (Lipinski definition) is 1. The number of imidazole rings is 1. The summed E-state index contributed by atoms with van der Waals surface area (Å²) in [6.45, 7) is 4.32. The molecule has 1 atom stereocenters. The van der Waals surface area contributed by atoms with Crippen molar-refractivity contribution in [2.24, 2.45) is 0 Å². The summed E-state index contributed by atoms with van der Waals surface area (Å²) in [6.07, 6.45) is 2.26. The number of hydrogen-bond acceptors (Lipinski definition) is 3. The van der Waals surface area contributed by atoms with E-state index in [0.29, 0.717) is 0 Å². The van der Waals surface area contributed by atoms with Crippen molar-refractivity contribution in [2.75, 3.05) is 20.1 Å². The monoisotopic (exact) mass is 335 g/mol. The first-order valence-electron chi connectivity index (χ1n) is 9.05. The number of rotatable bonds is 4. The highest BCUT2D eigenvalue weighted by molar-refractivity contribution is 5.74. The zero-order valence-corrected chi connectivity index (χ0v) is 14.9. The van der Waals surface area contributed by atoms with E-state index in [9.17, 15) is 0 Å². The normalized spacial score (nSPS) is 17.8. The molecular formula is C21H25N3O. The lowest BCUT2D eigenvalue weighted by Crippen LogP contribution is -2.35. The fraction of sp³-hybridized carbons (Fsp3) is 0.381. The maximum absolute atomic E-state index is 6.60. The number of fused-ring (bicyclic) bond motifs is 1. The number of ether oxygens (including phenoxy) is 1. The van der Waals surface area contributed by atoms with Crippen molar-refractivity contribution >= 4 is 11.0 Å². The number of aromatic amines is 1. The van der Waals surface area contributed by atoms with Gasteiger partial charge in [-0.3, -0.25) is 0 Å². The van der Waals surface area contributed by atoms with Crippen molar-refractivity contribution in [3.63, 3.8) is 0 Å². The van der Waals surface area contributed by atoms with Gasteiger partial charge in [0.15, 0.2) is 0 Å². The topological polar surface area (TPSA) is 41.1 Å². The summed E-state index contributed by atoms with van der Waals surface area (Å²) in [4.78, 5) is 10.7. The van der Waals surface area contributed by atoms with Gasteiger partial charge in [-0.05, 0) is 50.1 Å². The van der Waals surface area contributed by atoms with Crippen LogP contribution in [0.5, 0.6) is 0 Å². The minimum absolute atomic E-state index is 0.151. The van der Waals surface area contributed by atoms with Crippen LogP contribution in [-0.2, 0) is 4.74 Å². The lowest BCUT2D eigenvalue weighted by atomic mass is 10.0. The Hall–Kier alpha value is -2.17. The number of likely N-dealkylation sites (tertiary alicyclic amines) is 1. The highest BCUT2D eigenvalue weighted by Crippen LogP contribution is 2.31.